The Labute approximate surface area is 94.4 Å². The van der Waals surface area contributed by atoms with Crippen molar-refractivity contribution in [1.29, 1.82) is 0 Å². The fourth-order valence-corrected chi connectivity index (χ4v) is 2.26. The van der Waals surface area contributed by atoms with Gasteiger partial charge in [0, 0.05) is 22.4 Å². The Bertz CT molecular complexity index is 416. The van der Waals surface area contributed by atoms with Gasteiger partial charge in [-0.05, 0) is 44.4 Å². The predicted molar refractivity (Wildman–Crippen MR) is 60.3 cm³/mol. The Balaban J connectivity index is 2.32. The minimum absolute atomic E-state index is 0.578. The molecular weight excluding hydrogens is 262 g/mol. The van der Waals surface area contributed by atoms with Gasteiger partial charge in [-0.1, -0.05) is 0 Å². The van der Waals surface area contributed by atoms with Gasteiger partial charge in [0.15, 0.2) is 0 Å². The highest BCUT2D eigenvalue weighted by atomic mass is 79.9. The molecule has 0 aliphatic rings. The summed E-state index contributed by atoms with van der Waals surface area (Å²) >= 11 is 4.90. The number of nitrogens with zero attached hydrogens (tertiary/aromatic N) is 1. The first-order chi connectivity index (χ1) is 6.77. The Morgan fingerprint density at radius 1 is 1.36 bits per heavy atom. The van der Waals surface area contributed by atoms with Crippen LogP contribution in [0.1, 0.15) is 17.2 Å². The molecule has 0 saturated heterocycles. The standard InChI is InChI=1S/C10H8BrNOS/c11-9-3-8(4-12-5-9)10(13)7-1-2-14-6-7/h1-6,10,13H. The number of aliphatic hydroxyl groups excluding tert-OH is 1. The molecule has 2 rings (SSSR count). The monoisotopic (exact) mass is 269 g/mol. The maximum Gasteiger partial charge on any atom is 0.106 e. The van der Waals surface area contributed by atoms with Crippen LogP contribution >= 0.6 is 27.3 Å². The van der Waals surface area contributed by atoms with Crippen molar-refractivity contribution in [3.8, 4) is 0 Å². The number of rotatable bonds is 2. The summed E-state index contributed by atoms with van der Waals surface area (Å²) in [5.41, 5.74) is 1.72. The zero-order chi connectivity index (χ0) is 9.97. The molecule has 1 N–H and O–H groups in total. The van der Waals surface area contributed by atoms with Gasteiger partial charge in [0.05, 0.1) is 0 Å². The van der Waals surface area contributed by atoms with Crippen LogP contribution in [0.2, 0.25) is 0 Å². The topological polar surface area (TPSA) is 33.1 Å². The highest BCUT2D eigenvalue weighted by molar-refractivity contribution is 9.10. The Morgan fingerprint density at radius 2 is 2.21 bits per heavy atom. The maximum atomic E-state index is 9.95. The van der Waals surface area contributed by atoms with E-state index in [4.69, 9.17) is 0 Å². The second-order valence-corrected chi connectivity index (χ2v) is 4.59. The van der Waals surface area contributed by atoms with Crippen molar-refractivity contribution < 1.29 is 5.11 Å². The van der Waals surface area contributed by atoms with Crippen molar-refractivity contribution in [3.63, 3.8) is 0 Å². The van der Waals surface area contributed by atoms with Gasteiger partial charge in [-0.2, -0.15) is 11.3 Å². The smallest absolute Gasteiger partial charge is 0.106 e. The second-order valence-electron chi connectivity index (χ2n) is 2.90. The number of aliphatic hydroxyl groups is 1. The molecule has 0 aliphatic heterocycles. The van der Waals surface area contributed by atoms with Crippen LogP contribution in [-0.4, -0.2) is 10.1 Å². The lowest BCUT2D eigenvalue weighted by Crippen LogP contribution is -1.98. The summed E-state index contributed by atoms with van der Waals surface area (Å²) in [5, 5.41) is 13.8. The molecule has 0 saturated carbocycles. The van der Waals surface area contributed by atoms with E-state index in [-0.39, 0.29) is 0 Å². The molecule has 2 nitrogen and oxygen atoms in total. The molecule has 0 amide bonds. The average molecular weight is 270 g/mol. The van der Waals surface area contributed by atoms with Gasteiger partial charge in [-0.15, -0.1) is 0 Å². The zero-order valence-electron chi connectivity index (χ0n) is 7.22. The van der Waals surface area contributed by atoms with Crippen LogP contribution < -0.4 is 0 Å². The van der Waals surface area contributed by atoms with E-state index in [1.807, 2.05) is 22.9 Å². The third-order valence-electron chi connectivity index (χ3n) is 1.90. The van der Waals surface area contributed by atoms with E-state index in [9.17, 15) is 5.11 Å². The molecule has 0 fully saturated rings. The van der Waals surface area contributed by atoms with Gasteiger partial charge < -0.3 is 5.11 Å². The van der Waals surface area contributed by atoms with Crippen LogP contribution in [0.15, 0.2) is 39.8 Å². The summed E-state index contributed by atoms with van der Waals surface area (Å²) in [6.45, 7) is 0. The van der Waals surface area contributed by atoms with Gasteiger partial charge >= 0.3 is 0 Å². The lowest BCUT2D eigenvalue weighted by Gasteiger charge is -2.08. The van der Waals surface area contributed by atoms with Crippen molar-refractivity contribution in [3.05, 3.63) is 50.9 Å². The molecule has 1 atom stereocenters. The summed E-state index contributed by atoms with van der Waals surface area (Å²) in [7, 11) is 0. The molecule has 0 bridgehead atoms. The van der Waals surface area contributed by atoms with Crippen LogP contribution in [0.5, 0.6) is 0 Å². The summed E-state index contributed by atoms with van der Waals surface area (Å²) in [4.78, 5) is 4.01. The molecule has 0 radical (unpaired) electrons. The normalized spacial score (nSPS) is 12.7. The first kappa shape index (κ1) is 9.83. The van der Waals surface area contributed by atoms with Gasteiger partial charge in [0.1, 0.15) is 6.10 Å². The van der Waals surface area contributed by atoms with Crippen molar-refractivity contribution in [2.75, 3.05) is 0 Å². The highest BCUT2D eigenvalue weighted by Crippen LogP contribution is 2.24. The van der Waals surface area contributed by atoms with E-state index in [0.717, 1.165) is 15.6 Å². The van der Waals surface area contributed by atoms with E-state index in [1.54, 1.807) is 23.7 Å². The van der Waals surface area contributed by atoms with Crippen molar-refractivity contribution >= 4 is 27.3 Å². The molecule has 72 valence electrons. The van der Waals surface area contributed by atoms with Gasteiger partial charge in [0.25, 0.3) is 0 Å². The molecule has 0 spiro atoms. The molecule has 1 unspecified atom stereocenters. The number of halogens is 1. The second kappa shape index (κ2) is 4.21. The number of hydrogen-bond donors (Lipinski definition) is 1. The molecular formula is C10H8BrNOS. The molecule has 0 aliphatic carbocycles. The summed E-state index contributed by atoms with van der Waals surface area (Å²) < 4.78 is 0.879. The Morgan fingerprint density at radius 3 is 2.86 bits per heavy atom. The van der Waals surface area contributed by atoms with Crippen molar-refractivity contribution in [2.24, 2.45) is 0 Å². The fraction of sp³-hybridized carbons (Fsp3) is 0.100. The van der Waals surface area contributed by atoms with Crippen molar-refractivity contribution in [2.45, 2.75) is 6.10 Å². The molecule has 2 heterocycles. The zero-order valence-corrected chi connectivity index (χ0v) is 9.62. The van der Waals surface area contributed by atoms with E-state index >= 15 is 0 Å². The summed E-state index contributed by atoms with van der Waals surface area (Å²) in [6.07, 6.45) is 2.79. The van der Waals surface area contributed by atoms with Crippen LogP contribution in [0.4, 0.5) is 0 Å². The van der Waals surface area contributed by atoms with E-state index in [0.29, 0.717) is 0 Å². The largest absolute Gasteiger partial charge is 0.384 e. The molecule has 14 heavy (non-hydrogen) atoms. The lowest BCUT2D eigenvalue weighted by atomic mass is 10.1. The Hall–Kier alpha value is -0.710. The lowest BCUT2D eigenvalue weighted by molar-refractivity contribution is 0.220. The van der Waals surface area contributed by atoms with E-state index in [1.165, 1.54) is 0 Å². The Kier molecular flexibility index (Phi) is 2.96. The van der Waals surface area contributed by atoms with Crippen LogP contribution in [0, 0.1) is 0 Å². The molecule has 2 aromatic heterocycles. The number of thiophene rings is 1. The van der Waals surface area contributed by atoms with Gasteiger partial charge in [-0.3, -0.25) is 4.98 Å². The minimum Gasteiger partial charge on any atom is -0.384 e. The summed E-state index contributed by atoms with van der Waals surface area (Å²) in [5.74, 6) is 0. The molecule has 2 aromatic rings. The average Bonchev–Trinajstić information content (AvgIpc) is 2.69. The third-order valence-corrected chi connectivity index (χ3v) is 3.04. The third kappa shape index (κ3) is 2.03. The van der Waals surface area contributed by atoms with E-state index < -0.39 is 6.10 Å². The number of hydrogen-bond acceptors (Lipinski definition) is 3. The minimum atomic E-state index is -0.578. The molecule has 0 aromatic carbocycles. The SMILES string of the molecule is OC(c1ccsc1)c1cncc(Br)c1. The summed E-state index contributed by atoms with van der Waals surface area (Å²) in [6, 6.07) is 3.78. The van der Waals surface area contributed by atoms with Crippen LogP contribution in [0.25, 0.3) is 0 Å². The van der Waals surface area contributed by atoms with Crippen LogP contribution in [-0.2, 0) is 0 Å². The number of pyridine rings is 1. The first-order valence-corrected chi connectivity index (χ1v) is 5.81. The molecule has 4 heteroatoms. The highest BCUT2D eigenvalue weighted by Gasteiger charge is 2.10. The number of aromatic nitrogens is 1. The predicted octanol–water partition coefficient (Wildman–Crippen LogP) is 2.99. The fourth-order valence-electron chi connectivity index (χ4n) is 1.20. The quantitative estimate of drug-likeness (QED) is 0.910. The maximum absolute atomic E-state index is 9.95. The van der Waals surface area contributed by atoms with E-state index in [2.05, 4.69) is 20.9 Å². The van der Waals surface area contributed by atoms with Gasteiger partial charge in [-0.25, -0.2) is 0 Å². The van der Waals surface area contributed by atoms with Crippen LogP contribution in [0.3, 0.4) is 0 Å². The first-order valence-electron chi connectivity index (χ1n) is 4.08. The van der Waals surface area contributed by atoms with Gasteiger partial charge in [0.2, 0.25) is 0 Å². The van der Waals surface area contributed by atoms with Crippen molar-refractivity contribution in [1.82, 2.24) is 4.98 Å².